The lowest BCUT2D eigenvalue weighted by molar-refractivity contribution is 0.0776. The van der Waals surface area contributed by atoms with E-state index in [9.17, 15) is 4.79 Å². The topological polar surface area (TPSA) is 66.0 Å². The van der Waals surface area contributed by atoms with Gasteiger partial charge >= 0.3 is 0 Å². The van der Waals surface area contributed by atoms with Gasteiger partial charge in [-0.05, 0) is 38.0 Å². The standard InChI is InChI=1S/C18H30N4O2.HI/c1-14(2)24-12-6-11-20-18(19-3)21-13-15-7-9-16(10-8-15)17(23)22(4)5;/h7-10,14H,6,11-13H2,1-5H3,(H2,19,20,21);1H. The second-order valence-electron chi connectivity index (χ2n) is 6.02. The minimum atomic E-state index is 0. The zero-order valence-corrected chi connectivity index (χ0v) is 18.2. The Labute approximate surface area is 168 Å². The number of rotatable bonds is 8. The van der Waals surface area contributed by atoms with Crippen LogP contribution in [0.25, 0.3) is 0 Å². The van der Waals surface area contributed by atoms with E-state index in [1.807, 2.05) is 38.1 Å². The normalized spacial score (nSPS) is 11.0. The summed E-state index contributed by atoms with van der Waals surface area (Å²) in [5.74, 6) is 0.767. The molecule has 0 aliphatic heterocycles. The van der Waals surface area contributed by atoms with Crippen molar-refractivity contribution < 1.29 is 9.53 Å². The van der Waals surface area contributed by atoms with E-state index in [0.29, 0.717) is 12.1 Å². The van der Waals surface area contributed by atoms with E-state index >= 15 is 0 Å². The van der Waals surface area contributed by atoms with Crippen LogP contribution in [0.1, 0.15) is 36.2 Å². The number of nitrogens with zero attached hydrogens (tertiary/aromatic N) is 2. The van der Waals surface area contributed by atoms with Gasteiger partial charge in [0.1, 0.15) is 0 Å². The highest BCUT2D eigenvalue weighted by molar-refractivity contribution is 14.0. The smallest absolute Gasteiger partial charge is 0.253 e. The second kappa shape index (κ2) is 12.9. The van der Waals surface area contributed by atoms with E-state index in [1.54, 1.807) is 26.0 Å². The zero-order chi connectivity index (χ0) is 17.9. The van der Waals surface area contributed by atoms with E-state index < -0.39 is 0 Å². The Kier molecular flexibility index (Phi) is 12.2. The van der Waals surface area contributed by atoms with Gasteiger partial charge in [0, 0.05) is 46.4 Å². The van der Waals surface area contributed by atoms with Gasteiger partial charge < -0.3 is 20.3 Å². The maximum absolute atomic E-state index is 11.9. The lowest BCUT2D eigenvalue weighted by Gasteiger charge is -2.13. The van der Waals surface area contributed by atoms with Crippen molar-refractivity contribution >= 4 is 35.8 Å². The van der Waals surface area contributed by atoms with Crippen LogP contribution in [-0.4, -0.2) is 57.2 Å². The fourth-order valence-electron chi connectivity index (χ4n) is 2.03. The Morgan fingerprint density at radius 3 is 2.36 bits per heavy atom. The lowest BCUT2D eigenvalue weighted by atomic mass is 10.1. The number of aliphatic imine (C=N–C) groups is 1. The number of amides is 1. The Morgan fingerprint density at radius 2 is 1.84 bits per heavy atom. The first-order chi connectivity index (χ1) is 11.4. The molecule has 0 atom stereocenters. The van der Waals surface area contributed by atoms with Crippen LogP contribution in [0.2, 0.25) is 0 Å². The van der Waals surface area contributed by atoms with Crippen LogP contribution in [0.3, 0.4) is 0 Å². The van der Waals surface area contributed by atoms with Crippen LogP contribution in [0, 0.1) is 0 Å². The average molecular weight is 462 g/mol. The van der Waals surface area contributed by atoms with Gasteiger partial charge in [-0.25, -0.2) is 0 Å². The molecule has 0 saturated carbocycles. The van der Waals surface area contributed by atoms with Gasteiger partial charge in [-0.3, -0.25) is 9.79 Å². The summed E-state index contributed by atoms with van der Waals surface area (Å²) in [6.45, 7) is 6.26. The summed E-state index contributed by atoms with van der Waals surface area (Å²) >= 11 is 0. The third kappa shape index (κ3) is 9.64. The van der Waals surface area contributed by atoms with Crippen molar-refractivity contribution in [3.63, 3.8) is 0 Å². The molecule has 0 bridgehead atoms. The highest BCUT2D eigenvalue weighted by Crippen LogP contribution is 2.06. The summed E-state index contributed by atoms with van der Waals surface area (Å²) in [6, 6.07) is 7.60. The summed E-state index contributed by atoms with van der Waals surface area (Å²) in [4.78, 5) is 17.6. The van der Waals surface area contributed by atoms with Crippen molar-refractivity contribution in [3.8, 4) is 0 Å². The van der Waals surface area contributed by atoms with Crippen LogP contribution in [0.15, 0.2) is 29.3 Å². The lowest BCUT2D eigenvalue weighted by Crippen LogP contribution is -2.37. The van der Waals surface area contributed by atoms with Crippen molar-refractivity contribution in [2.45, 2.75) is 32.9 Å². The summed E-state index contributed by atoms with van der Waals surface area (Å²) < 4.78 is 5.50. The summed E-state index contributed by atoms with van der Waals surface area (Å²) in [5, 5.41) is 6.52. The predicted octanol–water partition coefficient (Wildman–Crippen LogP) is 2.49. The number of nitrogens with one attached hydrogen (secondary N) is 2. The maximum Gasteiger partial charge on any atom is 0.253 e. The number of carbonyl (C=O) groups excluding carboxylic acids is 1. The molecule has 0 heterocycles. The quantitative estimate of drug-likeness (QED) is 0.270. The number of ether oxygens (including phenoxy) is 1. The van der Waals surface area contributed by atoms with Crippen molar-refractivity contribution in [2.75, 3.05) is 34.3 Å². The molecule has 2 N–H and O–H groups in total. The molecule has 0 aliphatic carbocycles. The van der Waals surface area contributed by atoms with Crippen LogP contribution >= 0.6 is 24.0 Å². The third-order valence-corrected chi connectivity index (χ3v) is 3.36. The SMILES string of the molecule is CN=C(NCCCOC(C)C)NCc1ccc(C(=O)N(C)C)cc1.I. The largest absolute Gasteiger partial charge is 0.379 e. The Hall–Kier alpha value is -1.35. The van der Waals surface area contributed by atoms with Crippen molar-refractivity contribution in [2.24, 2.45) is 4.99 Å². The molecule has 0 spiro atoms. The molecule has 1 aromatic rings. The monoisotopic (exact) mass is 462 g/mol. The number of halogens is 1. The number of hydrogen-bond donors (Lipinski definition) is 2. The van der Waals surface area contributed by atoms with E-state index in [2.05, 4.69) is 15.6 Å². The van der Waals surface area contributed by atoms with Gasteiger partial charge in [0.25, 0.3) is 5.91 Å². The number of carbonyl (C=O) groups is 1. The summed E-state index contributed by atoms with van der Waals surface area (Å²) in [5.41, 5.74) is 1.79. The molecular formula is C18H31IN4O2. The van der Waals surface area contributed by atoms with Gasteiger partial charge in [-0.2, -0.15) is 0 Å². The third-order valence-electron chi connectivity index (χ3n) is 3.36. The Bertz CT molecular complexity index is 530. The van der Waals surface area contributed by atoms with E-state index in [-0.39, 0.29) is 36.0 Å². The fraction of sp³-hybridized carbons (Fsp3) is 0.556. The van der Waals surface area contributed by atoms with Gasteiger partial charge in [0.15, 0.2) is 5.96 Å². The Balaban J connectivity index is 0.00000576. The van der Waals surface area contributed by atoms with Crippen LogP contribution in [0.4, 0.5) is 0 Å². The first-order valence-corrected chi connectivity index (χ1v) is 8.30. The number of guanidine groups is 1. The van der Waals surface area contributed by atoms with Gasteiger partial charge in [0.05, 0.1) is 6.10 Å². The molecule has 0 aliphatic rings. The number of hydrogen-bond acceptors (Lipinski definition) is 3. The minimum absolute atomic E-state index is 0. The van der Waals surface area contributed by atoms with E-state index in [0.717, 1.165) is 31.1 Å². The molecule has 1 rings (SSSR count). The second-order valence-corrected chi connectivity index (χ2v) is 6.02. The average Bonchev–Trinajstić information content (AvgIpc) is 2.56. The molecule has 1 amide bonds. The fourth-order valence-corrected chi connectivity index (χ4v) is 2.03. The van der Waals surface area contributed by atoms with Crippen LogP contribution in [0.5, 0.6) is 0 Å². The first kappa shape index (κ1) is 23.6. The molecule has 0 fully saturated rings. The molecule has 1 aromatic carbocycles. The van der Waals surface area contributed by atoms with Crippen molar-refractivity contribution in [1.82, 2.24) is 15.5 Å². The molecule has 0 radical (unpaired) electrons. The summed E-state index contributed by atoms with van der Waals surface area (Å²) in [7, 11) is 5.25. The molecule has 7 heteroatoms. The first-order valence-electron chi connectivity index (χ1n) is 8.30. The van der Waals surface area contributed by atoms with E-state index in [4.69, 9.17) is 4.74 Å². The van der Waals surface area contributed by atoms with Crippen LogP contribution < -0.4 is 10.6 Å². The minimum Gasteiger partial charge on any atom is -0.379 e. The predicted molar refractivity (Wildman–Crippen MR) is 114 cm³/mol. The molecule has 0 saturated heterocycles. The van der Waals surface area contributed by atoms with Crippen LogP contribution in [-0.2, 0) is 11.3 Å². The molecule has 0 aromatic heterocycles. The highest BCUT2D eigenvalue weighted by Gasteiger charge is 2.07. The summed E-state index contributed by atoms with van der Waals surface area (Å²) in [6.07, 6.45) is 1.20. The van der Waals surface area contributed by atoms with Crippen molar-refractivity contribution in [3.05, 3.63) is 35.4 Å². The Morgan fingerprint density at radius 1 is 1.20 bits per heavy atom. The van der Waals surface area contributed by atoms with Gasteiger partial charge in [-0.1, -0.05) is 12.1 Å². The molecule has 142 valence electrons. The van der Waals surface area contributed by atoms with Gasteiger partial charge in [0.2, 0.25) is 0 Å². The highest BCUT2D eigenvalue weighted by atomic mass is 127. The van der Waals surface area contributed by atoms with E-state index in [1.165, 1.54) is 0 Å². The molecule has 0 unspecified atom stereocenters. The number of benzene rings is 1. The molecule has 25 heavy (non-hydrogen) atoms. The van der Waals surface area contributed by atoms with Crippen molar-refractivity contribution in [1.29, 1.82) is 0 Å². The zero-order valence-electron chi connectivity index (χ0n) is 15.8. The van der Waals surface area contributed by atoms with Gasteiger partial charge in [-0.15, -0.1) is 24.0 Å². The molecular weight excluding hydrogens is 431 g/mol. The maximum atomic E-state index is 11.9. The molecule has 6 nitrogen and oxygen atoms in total.